The number of aliphatic hydroxyl groups is 2. The van der Waals surface area contributed by atoms with Crippen LogP contribution in [-0.4, -0.2) is 40.4 Å². The first-order chi connectivity index (χ1) is 7.74. The Morgan fingerprint density at radius 2 is 1.56 bits per heavy atom. The molecule has 1 aromatic carbocycles. The molecule has 0 aliphatic carbocycles. The fraction of sp³-hybridized carbons (Fsp3) is 0.538. The SMILES string of the molecule is O[C@H]1CC[C@H](O)CN(Cc2ccccc2)C1. The van der Waals surface area contributed by atoms with Gasteiger partial charge in [-0.1, -0.05) is 30.3 Å². The lowest BCUT2D eigenvalue weighted by Gasteiger charge is -2.23. The highest BCUT2D eigenvalue weighted by atomic mass is 16.3. The zero-order chi connectivity index (χ0) is 11.4. The molecule has 0 spiro atoms. The van der Waals surface area contributed by atoms with Gasteiger partial charge in [0.25, 0.3) is 0 Å². The highest BCUT2D eigenvalue weighted by Gasteiger charge is 2.21. The first-order valence-corrected chi connectivity index (χ1v) is 5.86. The highest BCUT2D eigenvalue weighted by molar-refractivity contribution is 5.14. The summed E-state index contributed by atoms with van der Waals surface area (Å²) in [6.45, 7) is 2.12. The number of benzene rings is 1. The summed E-state index contributed by atoms with van der Waals surface area (Å²) < 4.78 is 0. The second-order valence-electron chi connectivity index (χ2n) is 4.56. The van der Waals surface area contributed by atoms with Gasteiger partial charge in [0.05, 0.1) is 12.2 Å². The van der Waals surface area contributed by atoms with Crippen molar-refractivity contribution in [2.45, 2.75) is 31.6 Å². The molecule has 0 bridgehead atoms. The summed E-state index contributed by atoms with van der Waals surface area (Å²) in [5.41, 5.74) is 1.23. The maximum absolute atomic E-state index is 9.70. The van der Waals surface area contributed by atoms with Gasteiger partial charge < -0.3 is 10.2 Å². The van der Waals surface area contributed by atoms with Crippen molar-refractivity contribution >= 4 is 0 Å². The average molecular weight is 221 g/mol. The van der Waals surface area contributed by atoms with Crippen LogP contribution in [0.25, 0.3) is 0 Å². The summed E-state index contributed by atoms with van der Waals surface area (Å²) in [7, 11) is 0. The lowest BCUT2D eigenvalue weighted by atomic mass is 10.1. The molecular formula is C13H19NO2. The minimum atomic E-state index is -0.305. The molecule has 0 amide bonds. The van der Waals surface area contributed by atoms with Gasteiger partial charge in [0, 0.05) is 19.6 Å². The molecule has 0 unspecified atom stereocenters. The Hall–Kier alpha value is -0.900. The molecule has 1 fully saturated rings. The van der Waals surface area contributed by atoms with Crippen molar-refractivity contribution in [2.75, 3.05) is 13.1 Å². The number of rotatable bonds is 2. The molecule has 0 aromatic heterocycles. The molecule has 2 rings (SSSR count). The molecule has 0 saturated carbocycles. The van der Waals surface area contributed by atoms with Gasteiger partial charge in [-0.15, -0.1) is 0 Å². The van der Waals surface area contributed by atoms with Crippen LogP contribution in [0, 0.1) is 0 Å². The number of aliphatic hydroxyl groups excluding tert-OH is 2. The van der Waals surface area contributed by atoms with Gasteiger partial charge in [-0.25, -0.2) is 0 Å². The van der Waals surface area contributed by atoms with E-state index in [4.69, 9.17) is 0 Å². The van der Waals surface area contributed by atoms with Crippen molar-refractivity contribution in [3.8, 4) is 0 Å². The second-order valence-corrected chi connectivity index (χ2v) is 4.56. The topological polar surface area (TPSA) is 43.7 Å². The van der Waals surface area contributed by atoms with E-state index in [1.165, 1.54) is 5.56 Å². The Balaban J connectivity index is 1.97. The highest BCUT2D eigenvalue weighted by Crippen LogP contribution is 2.14. The normalized spacial score (nSPS) is 27.6. The van der Waals surface area contributed by atoms with Crippen LogP contribution in [0.2, 0.25) is 0 Å². The Kier molecular flexibility index (Phi) is 3.93. The summed E-state index contributed by atoms with van der Waals surface area (Å²) in [6, 6.07) is 10.2. The molecule has 0 radical (unpaired) electrons. The molecule has 2 atom stereocenters. The minimum Gasteiger partial charge on any atom is -0.392 e. The number of nitrogens with zero attached hydrogens (tertiary/aromatic N) is 1. The fourth-order valence-electron chi connectivity index (χ4n) is 2.21. The summed E-state index contributed by atoms with van der Waals surface area (Å²) in [6.07, 6.45) is 0.792. The summed E-state index contributed by atoms with van der Waals surface area (Å²) in [5, 5.41) is 19.4. The summed E-state index contributed by atoms with van der Waals surface area (Å²) in [5.74, 6) is 0. The van der Waals surface area contributed by atoms with Crippen molar-refractivity contribution in [1.82, 2.24) is 4.90 Å². The van der Waals surface area contributed by atoms with E-state index in [2.05, 4.69) is 17.0 Å². The van der Waals surface area contributed by atoms with Crippen LogP contribution >= 0.6 is 0 Å². The number of likely N-dealkylation sites (tertiary alicyclic amines) is 1. The maximum Gasteiger partial charge on any atom is 0.0668 e. The van der Waals surface area contributed by atoms with Gasteiger partial charge in [-0.2, -0.15) is 0 Å². The van der Waals surface area contributed by atoms with Crippen molar-refractivity contribution in [3.05, 3.63) is 35.9 Å². The van der Waals surface area contributed by atoms with E-state index in [-0.39, 0.29) is 12.2 Å². The molecule has 3 nitrogen and oxygen atoms in total. The van der Waals surface area contributed by atoms with Crippen molar-refractivity contribution in [3.63, 3.8) is 0 Å². The Morgan fingerprint density at radius 1 is 1.00 bits per heavy atom. The maximum atomic E-state index is 9.70. The van der Waals surface area contributed by atoms with Gasteiger partial charge in [0.2, 0.25) is 0 Å². The van der Waals surface area contributed by atoms with Crippen LogP contribution in [0.15, 0.2) is 30.3 Å². The van der Waals surface area contributed by atoms with E-state index in [9.17, 15) is 10.2 Å². The van der Waals surface area contributed by atoms with Crippen LogP contribution in [0.4, 0.5) is 0 Å². The lowest BCUT2D eigenvalue weighted by molar-refractivity contribution is 0.103. The largest absolute Gasteiger partial charge is 0.392 e. The summed E-state index contributed by atoms with van der Waals surface area (Å²) >= 11 is 0. The van der Waals surface area contributed by atoms with Gasteiger partial charge in [-0.3, -0.25) is 4.90 Å². The van der Waals surface area contributed by atoms with Crippen LogP contribution in [0.5, 0.6) is 0 Å². The summed E-state index contributed by atoms with van der Waals surface area (Å²) in [4.78, 5) is 2.12. The molecule has 1 saturated heterocycles. The van der Waals surface area contributed by atoms with Gasteiger partial charge in [-0.05, 0) is 18.4 Å². The number of hydrogen-bond donors (Lipinski definition) is 2. The smallest absolute Gasteiger partial charge is 0.0668 e. The second kappa shape index (κ2) is 5.43. The standard InChI is InChI=1S/C13H19NO2/c15-12-6-7-13(16)10-14(9-12)8-11-4-2-1-3-5-11/h1-5,12-13,15-16H,6-10H2/t12-,13-/m0/s1. The number of β-amino-alcohol motifs (C(OH)–C–C–N with tert-alkyl or cyclic N) is 2. The predicted molar refractivity (Wildman–Crippen MR) is 63.0 cm³/mol. The molecule has 1 aromatic rings. The Morgan fingerprint density at radius 3 is 2.12 bits per heavy atom. The van der Waals surface area contributed by atoms with E-state index in [1.54, 1.807) is 0 Å². The van der Waals surface area contributed by atoms with Crippen molar-refractivity contribution in [2.24, 2.45) is 0 Å². The Labute approximate surface area is 96.3 Å². The lowest BCUT2D eigenvalue weighted by Crippen LogP contribution is -2.33. The monoisotopic (exact) mass is 221 g/mol. The number of hydrogen-bond acceptors (Lipinski definition) is 3. The van der Waals surface area contributed by atoms with E-state index >= 15 is 0 Å². The van der Waals surface area contributed by atoms with Crippen LogP contribution in [0.1, 0.15) is 18.4 Å². The van der Waals surface area contributed by atoms with Gasteiger partial charge >= 0.3 is 0 Å². The van der Waals surface area contributed by atoms with Crippen LogP contribution < -0.4 is 0 Å². The molecule has 1 aliphatic rings. The first-order valence-electron chi connectivity index (χ1n) is 5.86. The van der Waals surface area contributed by atoms with Crippen LogP contribution in [-0.2, 0) is 6.54 Å². The van der Waals surface area contributed by atoms with Gasteiger partial charge in [0.15, 0.2) is 0 Å². The quantitative estimate of drug-likeness (QED) is 0.783. The predicted octanol–water partition coefficient (Wildman–Crippen LogP) is 1.00. The molecular weight excluding hydrogens is 202 g/mol. The third-order valence-corrected chi connectivity index (χ3v) is 3.02. The third-order valence-electron chi connectivity index (χ3n) is 3.02. The molecule has 88 valence electrons. The molecule has 2 N–H and O–H groups in total. The van der Waals surface area contributed by atoms with E-state index in [0.29, 0.717) is 25.9 Å². The van der Waals surface area contributed by atoms with E-state index < -0.39 is 0 Å². The van der Waals surface area contributed by atoms with Crippen molar-refractivity contribution < 1.29 is 10.2 Å². The molecule has 1 aliphatic heterocycles. The average Bonchev–Trinajstić information content (AvgIpc) is 2.42. The molecule has 1 heterocycles. The molecule has 16 heavy (non-hydrogen) atoms. The van der Waals surface area contributed by atoms with Crippen LogP contribution in [0.3, 0.4) is 0 Å². The third kappa shape index (κ3) is 3.30. The zero-order valence-electron chi connectivity index (χ0n) is 9.42. The molecule has 3 heteroatoms. The van der Waals surface area contributed by atoms with E-state index in [0.717, 1.165) is 6.54 Å². The Bertz CT molecular complexity index is 303. The van der Waals surface area contributed by atoms with E-state index in [1.807, 2.05) is 18.2 Å². The first kappa shape index (κ1) is 11.6. The minimum absolute atomic E-state index is 0.305. The fourth-order valence-corrected chi connectivity index (χ4v) is 2.21. The zero-order valence-corrected chi connectivity index (χ0v) is 9.42. The van der Waals surface area contributed by atoms with Gasteiger partial charge in [0.1, 0.15) is 0 Å². The van der Waals surface area contributed by atoms with Crippen molar-refractivity contribution in [1.29, 1.82) is 0 Å².